The maximum atomic E-state index is 3.31. The Hall–Kier alpha value is 0.0500. The van der Waals surface area contributed by atoms with Gasteiger partial charge in [-0.2, -0.15) is 0 Å². The Morgan fingerprint density at radius 2 is 2.11 bits per heavy atom. The second kappa shape index (κ2) is 2.35. The Bertz CT molecular complexity index is 135. The monoisotopic (exact) mass is 141 g/mol. The third kappa shape index (κ3) is 1.01. The molecular formula is C7H11NS. The van der Waals surface area contributed by atoms with E-state index in [1.807, 2.05) is 11.9 Å². The van der Waals surface area contributed by atoms with Crippen LogP contribution >= 0.6 is 11.9 Å². The van der Waals surface area contributed by atoms with E-state index in [4.69, 9.17) is 0 Å². The summed E-state index contributed by atoms with van der Waals surface area (Å²) in [6.07, 6.45) is 5.52. The molecule has 0 saturated carbocycles. The van der Waals surface area contributed by atoms with Crippen molar-refractivity contribution in [3.8, 4) is 0 Å². The summed E-state index contributed by atoms with van der Waals surface area (Å²) in [4.78, 5) is 1.64. The predicted molar refractivity (Wildman–Crippen MR) is 41.1 cm³/mol. The lowest BCUT2D eigenvalue weighted by Crippen LogP contribution is -2.00. The van der Waals surface area contributed by atoms with Gasteiger partial charge in [0.05, 0.1) is 0 Å². The van der Waals surface area contributed by atoms with Crippen molar-refractivity contribution in [2.75, 3.05) is 6.54 Å². The maximum Gasteiger partial charge on any atom is 0.0283 e. The van der Waals surface area contributed by atoms with E-state index in [0.717, 1.165) is 6.54 Å². The first kappa shape index (κ1) is 5.81. The van der Waals surface area contributed by atoms with Crippen LogP contribution < -0.4 is 4.72 Å². The van der Waals surface area contributed by atoms with E-state index in [9.17, 15) is 0 Å². The van der Waals surface area contributed by atoms with Crippen LogP contribution in [0.25, 0.3) is 0 Å². The number of allylic oxidation sites excluding steroid dienone is 1. The minimum absolute atomic E-state index is 1.15. The minimum atomic E-state index is 1.15. The average molecular weight is 141 g/mol. The summed E-state index contributed by atoms with van der Waals surface area (Å²) < 4.78 is 3.31. The largest absolute Gasteiger partial charge is 0.256 e. The lowest BCUT2D eigenvalue weighted by Gasteiger charge is -2.10. The minimum Gasteiger partial charge on any atom is -0.256 e. The fraction of sp³-hybridized carbons (Fsp3) is 0.714. The van der Waals surface area contributed by atoms with Crippen LogP contribution in [-0.4, -0.2) is 6.54 Å². The Kier molecular flexibility index (Phi) is 1.52. The van der Waals surface area contributed by atoms with Crippen molar-refractivity contribution >= 4 is 11.9 Å². The molecule has 1 nitrogen and oxygen atoms in total. The second-order valence-corrected chi connectivity index (χ2v) is 3.64. The highest BCUT2D eigenvalue weighted by Gasteiger charge is 2.17. The van der Waals surface area contributed by atoms with Crippen molar-refractivity contribution in [2.45, 2.75) is 25.7 Å². The van der Waals surface area contributed by atoms with E-state index in [1.165, 1.54) is 25.7 Å². The molecule has 0 fully saturated rings. The molecule has 1 aliphatic carbocycles. The van der Waals surface area contributed by atoms with Gasteiger partial charge in [-0.3, -0.25) is 4.72 Å². The molecule has 50 valence electrons. The molecular weight excluding hydrogens is 130 g/mol. The molecule has 2 aliphatic rings. The van der Waals surface area contributed by atoms with Crippen molar-refractivity contribution in [3.63, 3.8) is 0 Å². The summed E-state index contributed by atoms with van der Waals surface area (Å²) in [5.74, 6) is 0. The van der Waals surface area contributed by atoms with Crippen molar-refractivity contribution in [1.82, 2.24) is 4.72 Å². The van der Waals surface area contributed by atoms with Gasteiger partial charge in [-0.1, -0.05) is 0 Å². The number of nitrogens with one attached hydrogen (secondary N) is 1. The van der Waals surface area contributed by atoms with E-state index >= 15 is 0 Å². The zero-order valence-electron chi connectivity index (χ0n) is 5.44. The van der Waals surface area contributed by atoms with Gasteiger partial charge in [0, 0.05) is 11.4 Å². The van der Waals surface area contributed by atoms with Gasteiger partial charge in [-0.25, -0.2) is 0 Å². The summed E-state index contributed by atoms with van der Waals surface area (Å²) in [5.41, 5.74) is 1.69. The normalized spacial score (nSPS) is 26.7. The second-order valence-electron chi connectivity index (χ2n) is 2.66. The first-order chi connectivity index (χ1) is 4.47. The standard InChI is InChI=1S/C7H11NS/c1-2-4-7-6(3-1)5-8-9-7/h8H,1-5H2. The lowest BCUT2D eigenvalue weighted by atomic mass is 10.00. The molecule has 0 atom stereocenters. The predicted octanol–water partition coefficient (Wildman–Crippen LogP) is 2.07. The van der Waals surface area contributed by atoms with Crippen molar-refractivity contribution in [3.05, 3.63) is 10.5 Å². The highest BCUT2D eigenvalue weighted by molar-refractivity contribution is 8.01. The van der Waals surface area contributed by atoms with Crippen molar-refractivity contribution < 1.29 is 0 Å². The molecule has 0 amide bonds. The maximum absolute atomic E-state index is 3.31. The first-order valence-electron chi connectivity index (χ1n) is 3.57. The van der Waals surface area contributed by atoms with Gasteiger partial charge in [0.15, 0.2) is 0 Å². The van der Waals surface area contributed by atoms with E-state index in [-0.39, 0.29) is 0 Å². The zero-order chi connectivity index (χ0) is 6.10. The van der Waals surface area contributed by atoms with Crippen LogP contribution in [0.15, 0.2) is 10.5 Å². The van der Waals surface area contributed by atoms with Gasteiger partial charge < -0.3 is 0 Å². The lowest BCUT2D eigenvalue weighted by molar-refractivity contribution is 0.689. The Balaban J connectivity index is 2.17. The Morgan fingerprint density at radius 1 is 1.22 bits per heavy atom. The number of hydrogen-bond donors (Lipinski definition) is 1. The van der Waals surface area contributed by atoms with E-state index < -0.39 is 0 Å². The summed E-state index contributed by atoms with van der Waals surface area (Å²) >= 11 is 1.86. The molecule has 0 aromatic rings. The molecule has 0 aromatic carbocycles. The van der Waals surface area contributed by atoms with Gasteiger partial charge >= 0.3 is 0 Å². The molecule has 1 aliphatic heterocycles. The van der Waals surface area contributed by atoms with Gasteiger partial charge in [0.1, 0.15) is 0 Å². The highest BCUT2D eigenvalue weighted by atomic mass is 32.2. The molecule has 2 heteroatoms. The summed E-state index contributed by atoms with van der Waals surface area (Å²) in [6.45, 7) is 1.15. The quantitative estimate of drug-likeness (QED) is 0.518. The van der Waals surface area contributed by atoms with Crippen molar-refractivity contribution in [1.29, 1.82) is 0 Å². The molecule has 2 rings (SSSR count). The number of rotatable bonds is 0. The SMILES string of the molecule is C1CCC2=C(C1)CNS2. The van der Waals surface area contributed by atoms with Crippen LogP contribution in [0.1, 0.15) is 25.7 Å². The van der Waals surface area contributed by atoms with Crippen molar-refractivity contribution in [2.24, 2.45) is 0 Å². The summed E-state index contributed by atoms with van der Waals surface area (Å²) in [6, 6.07) is 0. The third-order valence-corrected chi connectivity index (χ3v) is 3.04. The molecule has 1 N–H and O–H groups in total. The molecule has 0 radical (unpaired) electrons. The first-order valence-corrected chi connectivity index (χ1v) is 4.39. The molecule has 0 spiro atoms. The van der Waals surface area contributed by atoms with E-state index in [0.29, 0.717) is 0 Å². The van der Waals surface area contributed by atoms with E-state index in [1.54, 1.807) is 10.5 Å². The van der Waals surface area contributed by atoms with Gasteiger partial charge in [0.2, 0.25) is 0 Å². The van der Waals surface area contributed by atoms with E-state index in [2.05, 4.69) is 4.72 Å². The zero-order valence-corrected chi connectivity index (χ0v) is 6.26. The topological polar surface area (TPSA) is 12.0 Å². The number of hydrogen-bond acceptors (Lipinski definition) is 2. The van der Waals surface area contributed by atoms with Crippen LogP contribution in [0.5, 0.6) is 0 Å². The smallest absolute Gasteiger partial charge is 0.0283 e. The molecule has 0 bridgehead atoms. The third-order valence-electron chi connectivity index (χ3n) is 2.01. The molecule has 0 saturated heterocycles. The van der Waals surface area contributed by atoms with Gasteiger partial charge in [-0.15, -0.1) is 0 Å². The Labute approximate surface area is 60.0 Å². The van der Waals surface area contributed by atoms with Crippen LogP contribution in [0.3, 0.4) is 0 Å². The molecule has 0 unspecified atom stereocenters. The Morgan fingerprint density at radius 3 is 3.00 bits per heavy atom. The average Bonchev–Trinajstić information content (AvgIpc) is 2.33. The summed E-state index contributed by atoms with van der Waals surface area (Å²) in [7, 11) is 0. The molecule has 1 heterocycles. The fourth-order valence-electron chi connectivity index (χ4n) is 1.46. The van der Waals surface area contributed by atoms with Gasteiger partial charge in [0.25, 0.3) is 0 Å². The fourth-order valence-corrected chi connectivity index (χ4v) is 2.45. The van der Waals surface area contributed by atoms with Crippen LogP contribution in [0, 0.1) is 0 Å². The summed E-state index contributed by atoms with van der Waals surface area (Å²) in [5, 5.41) is 0. The van der Waals surface area contributed by atoms with Crippen LogP contribution in [0.2, 0.25) is 0 Å². The molecule has 9 heavy (non-hydrogen) atoms. The highest BCUT2D eigenvalue weighted by Crippen LogP contribution is 2.34. The molecule has 0 aromatic heterocycles. The van der Waals surface area contributed by atoms with Gasteiger partial charge in [-0.05, 0) is 43.2 Å². The van der Waals surface area contributed by atoms with Crippen LogP contribution in [-0.2, 0) is 0 Å². The van der Waals surface area contributed by atoms with Crippen LogP contribution in [0.4, 0.5) is 0 Å².